The van der Waals surface area contributed by atoms with Gasteiger partial charge < -0.3 is 21.1 Å². The Kier molecular flexibility index (Phi) is 12.1. The summed E-state index contributed by atoms with van der Waals surface area (Å²) in [5.74, 6) is -0.507. The Balaban J connectivity index is 1.60. The minimum Gasteiger partial charge on any atom is -0.390 e. The van der Waals surface area contributed by atoms with Gasteiger partial charge in [-0.3, -0.25) is 24.0 Å². The molecule has 0 spiro atoms. The Hall–Kier alpha value is -3.29. The van der Waals surface area contributed by atoms with Gasteiger partial charge in [-0.1, -0.05) is 49.6 Å². The highest BCUT2D eigenvalue weighted by Gasteiger charge is 2.46. The summed E-state index contributed by atoms with van der Waals surface area (Å²) in [7, 11) is -3.85. The van der Waals surface area contributed by atoms with Crippen LogP contribution in [0.2, 0.25) is 0 Å². The van der Waals surface area contributed by atoms with Crippen LogP contribution in [0.5, 0.6) is 0 Å². The summed E-state index contributed by atoms with van der Waals surface area (Å²) in [5, 5.41) is 24.6. The summed E-state index contributed by atoms with van der Waals surface area (Å²) >= 11 is 0. The van der Waals surface area contributed by atoms with Gasteiger partial charge >= 0.3 is 0 Å². The van der Waals surface area contributed by atoms with Crippen LogP contribution in [0.3, 0.4) is 0 Å². The highest BCUT2D eigenvalue weighted by atomic mass is 32.2. The van der Waals surface area contributed by atoms with Crippen molar-refractivity contribution in [2.45, 2.75) is 114 Å². The van der Waals surface area contributed by atoms with Gasteiger partial charge in [-0.2, -0.15) is 5.10 Å². The van der Waals surface area contributed by atoms with Gasteiger partial charge in [0.05, 0.1) is 22.9 Å². The van der Waals surface area contributed by atoms with E-state index in [1.807, 2.05) is 51.1 Å². The number of β-amino-alcohol motifs (C(OH)–C–C–N with tert-alkyl or cyclic N) is 1. The molecule has 6 atom stereocenters. The number of aliphatic hydroxyl groups is 1. The topological polar surface area (TPSA) is 163 Å². The summed E-state index contributed by atoms with van der Waals surface area (Å²) in [6, 6.07) is 8.30. The third kappa shape index (κ3) is 9.88. The molecule has 1 aromatic carbocycles. The molecule has 0 bridgehead atoms. The van der Waals surface area contributed by atoms with Crippen molar-refractivity contribution in [2.24, 2.45) is 11.8 Å². The molecule has 2 aromatic rings. The largest absolute Gasteiger partial charge is 0.390 e. The highest BCUT2D eigenvalue weighted by Crippen LogP contribution is 2.39. The summed E-state index contributed by atoms with van der Waals surface area (Å²) in [6.45, 7) is 9.24. The molecule has 0 radical (unpaired) electrons. The number of hydrogen-bond donors (Lipinski definition) is 4. The summed E-state index contributed by atoms with van der Waals surface area (Å²) < 4.78 is 25.6. The van der Waals surface area contributed by atoms with Crippen LogP contribution in [0.1, 0.15) is 72.3 Å². The van der Waals surface area contributed by atoms with Gasteiger partial charge in [0.25, 0.3) is 0 Å². The number of carbonyl (C=O) groups excluding carboxylic acids is 3. The van der Waals surface area contributed by atoms with E-state index in [0.29, 0.717) is 24.8 Å². The number of sulfone groups is 1. The molecule has 13 heteroatoms. The number of aliphatic hydroxyl groups excluding tert-OH is 1. The smallest absolute Gasteiger partial charge is 0.244 e. The summed E-state index contributed by atoms with van der Waals surface area (Å²) in [6.07, 6.45) is 8.46. The van der Waals surface area contributed by atoms with Gasteiger partial charge in [0.15, 0.2) is 9.84 Å². The van der Waals surface area contributed by atoms with Gasteiger partial charge in [-0.15, -0.1) is 0 Å². The first-order valence-corrected chi connectivity index (χ1v) is 18.9. The number of aromatic nitrogens is 2. The molecule has 2 unspecified atom stereocenters. The number of hydrogen-bond acceptors (Lipinski definition) is 8. The van der Waals surface area contributed by atoms with E-state index in [1.54, 1.807) is 12.3 Å². The second-order valence-electron chi connectivity index (χ2n) is 15.2. The fourth-order valence-electron chi connectivity index (χ4n) is 6.93. The van der Waals surface area contributed by atoms with Crippen LogP contribution in [0, 0.1) is 11.8 Å². The molecule has 1 saturated heterocycles. The van der Waals surface area contributed by atoms with Crippen molar-refractivity contribution in [3.8, 4) is 0 Å². The maximum Gasteiger partial charge on any atom is 0.244 e. The number of piperidine rings is 1. The van der Waals surface area contributed by atoms with E-state index < -0.39 is 56.2 Å². The van der Waals surface area contributed by atoms with Crippen molar-refractivity contribution >= 4 is 27.6 Å². The third-order valence-corrected chi connectivity index (χ3v) is 12.0. The van der Waals surface area contributed by atoms with Crippen molar-refractivity contribution in [1.29, 1.82) is 0 Å². The Morgan fingerprint density at radius 3 is 2.27 bits per heavy atom. The van der Waals surface area contributed by atoms with E-state index in [1.165, 1.54) is 24.7 Å². The van der Waals surface area contributed by atoms with Crippen LogP contribution in [-0.4, -0.2) is 99.8 Å². The molecule has 4 rings (SSSR count). The molecule has 2 heterocycles. The number of fused-ring (bicyclic) bond motifs is 1. The van der Waals surface area contributed by atoms with Crippen LogP contribution < -0.4 is 16.0 Å². The SMILES string of the molecule is CC(C)(C)NC(=O)[C@@H]1CC2CCCCC2CN1C[C@@H](O)[C@H](Cc1ccccc1)NC(=O)[C@@H](NC(=O)Cn1cccn1)C(C)(C)S(C)(=O)=O. The van der Waals surface area contributed by atoms with Crippen LogP contribution >= 0.6 is 0 Å². The zero-order valence-corrected chi connectivity index (χ0v) is 30.0. The van der Waals surface area contributed by atoms with Crippen molar-refractivity contribution in [1.82, 2.24) is 30.6 Å². The second-order valence-corrected chi connectivity index (χ2v) is 17.8. The maximum absolute atomic E-state index is 14.1. The summed E-state index contributed by atoms with van der Waals surface area (Å²) in [4.78, 5) is 42.8. The number of benzene rings is 1. The number of rotatable bonds is 13. The van der Waals surface area contributed by atoms with E-state index in [-0.39, 0.29) is 25.4 Å². The molecule has 1 aromatic heterocycles. The molecular weight excluding hydrogens is 632 g/mol. The van der Waals surface area contributed by atoms with Crippen molar-refractivity contribution in [2.75, 3.05) is 19.3 Å². The molecule has 2 aliphatic rings. The third-order valence-electron chi connectivity index (χ3n) is 9.90. The Morgan fingerprint density at radius 1 is 1.00 bits per heavy atom. The number of nitrogens with zero attached hydrogens (tertiary/aromatic N) is 3. The molecule has 1 aliphatic carbocycles. The standard InChI is InChI=1S/C35H54N6O6S/c1-34(2,3)39-32(44)28-20-25-15-10-11-16-26(25)21-40(28)22-29(42)27(19-24-13-8-7-9-14-24)37-33(45)31(35(4,5)48(6,46)47)38-30(43)23-41-18-12-17-36-41/h7-9,12-14,17-18,25-29,31,42H,10-11,15-16,19-23H2,1-6H3,(H,37,45)(H,38,43)(H,39,44)/t25?,26?,27-,28-,29+,31+/m0/s1. The van der Waals surface area contributed by atoms with Gasteiger partial charge in [-0.25, -0.2) is 8.42 Å². The molecule has 48 heavy (non-hydrogen) atoms. The normalized spacial score (nSPS) is 22.5. The van der Waals surface area contributed by atoms with Crippen molar-refractivity contribution in [3.05, 3.63) is 54.4 Å². The van der Waals surface area contributed by atoms with Crippen molar-refractivity contribution < 1.29 is 27.9 Å². The molecule has 1 aliphatic heterocycles. The lowest BCUT2D eigenvalue weighted by Crippen LogP contribution is -2.64. The molecule has 3 amide bonds. The fourth-order valence-corrected chi connectivity index (χ4v) is 7.52. The molecule has 266 valence electrons. The lowest BCUT2D eigenvalue weighted by Gasteiger charge is -2.47. The van der Waals surface area contributed by atoms with Crippen LogP contribution in [0.4, 0.5) is 0 Å². The second kappa shape index (κ2) is 15.5. The molecule has 2 fully saturated rings. The number of nitrogens with one attached hydrogen (secondary N) is 3. The van der Waals surface area contributed by atoms with E-state index in [9.17, 15) is 27.9 Å². The van der Waals surface area contributed by atoms with E-state index >= 15 is 0 Å². The first kappa shape index (κ1) is 37.5. The van der Waals surface area contributed by atoms with E-state index in [0.717, 1.165) is 37.5 Å². The quantitative estimate of drug-likeness (QED) is 0.249. The van der Waals surface area contributed by atoms with Gasteiger partial charge in [0.1, 0.15) is 12.6 Å². The first-order chi connectivity index (χ1) is 22.4. The lowest BCUT2D eigenvalue weighted by atomic mass is 9.72. The van der Waals surface area contributed by atoms with Crippen LogP contribution in [0.25, 0.3) is 0 Å². The molecule has 1 saturated carbocycles. The van der Waals surface area contributed by atoms with Gasteiger partial charge in [-0.05, 0) is 77.3 Å². The van der Waals surface area contributed by atoms with E-state index in [4.69, 9.17) is 0 Å². The maximum atomic E-state index is 14.1. The average Bonchev–Trinajstić information content (AvgIpc) is 3.51. The predicted molar refractivity (Wildman–Crippen MR) is 184 cm³/mol. The molecule has 4 N–H and O–H groups in total. The number of likely N-dealkylation sites (tertiary alicyclic amines) is 1. The lowest BCUT2D eigenvalue weighted by molar-refractivity contribution is -0.133. The zero-order valence-electron chi connectivity index (χ0n) is 29.2. The average molecular weight is 687 g/mol. The monoisotopic (exact) mass is 686 g/mol. The zero-order chi connectivity index (χ0) is 35.3. The minimum atomic E-state index is -3.85. The van der Waals surface area contributed by atoms with Crippen LogP contribution in [-0.2, 0) is 37.2 Å². The predicted octanol–water partition coefficient (Wildman–Crippen LogP) is 2.07. The molecule has 12 nitrogen and oxygen atoms in total. The summed E-state index contributed by atoms with van der Waals surface area (Å²) in [5.41, 5.74) is 0.439. The van der Waals surface area contributed by atoms with Crippen molar-refractivity contribution in [3.63, 3.8) is 0 Å². The Morgan fingerprint density at radius 2 is 1.67 bits per heavy atom. The fraction of sp³-hybridized carbons (Fsp3) is 0.657. The number of carbonyl (C=O) groups is 3. The highest BCUT2D eigenvalue weighted by molar-refractivity contribution is 7.92. The molecular formula is C35H54N6O6S. The van der Waals surface area contributed by atoms with Gasteiger partial charge in [0.2, 0.25) is 17.7 Å². The first-order valence-electron chi connectivity index (χ1n) is 17.0. The van der Waals surface area contributed by atoms with Crippen LogP contribution in [0.15, 0.2) is 48.8 Å². The van der Waals surface area contributed by atoms with Gasteiger partial charge in [0, 0.05) is 37.3 Å². The Bertz CT molecular complexity index is 1490. The Labute approximate surface area is 285 Å². The number of amides is 3. The minimum absolute atomic E-state index is 0.0720. The van der Waals surface area contributed by atoms with E-state index in [2.05, 4.69) is 25.9 Å².